The molecule has 4 nitrogen and oxygen atoms in total. The standard InChI is InChI=1S/C43H27N3O/c1-3-12-28(13-4-1)33-26-32-16-7-8-17-34(32)37(27-33)29-22-24-31(25-23-29)42-44-41(30-14-5-2-6-15-30)45-43(46-42)36-19-11-21-39-40(36)35-18-9-10-20-38(35)47-39/h1-27H. The van der Waals surface area contributed by atoms with Gasteiger partial charge in [0.25, 0.3) is 0 Å². The molecule has 0 aliphatic carbocycles. The Morgan fingerprint density at radius 2 is 0.915 bits per heavy atom. The normalized spacial score (nSPS) is 11.4. The second-order valence-corrected chi connectivity index (χ2v) is 11.6. The molecule has 0 bridgehead atoms. The first-order valence-electron chi connectivity index (χ1n) is 15.7. The lowest BCUT2D eigenvalue weighted by Gasteiger charge is -2.12. The van der Waals surface area contributed by atoms with E-state index >= 15 is 0 Å². The SMILES string of the molecule is c1ccc(-c2cc(-c3ccc(-c4nc(-c5ccccc5)nc(-c5cccc6oc7ccccc7c56)n4)cc3)c3ccccc3c2)cc1. The number of fused-ring (bicyclic) bond motifs is 4. The van der Waals surface area contributed by atoms with Gasteiger partial charge in [-0.15, -0.1) is 0 Å². The van der Waals surface area contributed by atoms with Crippen LogP contribution in [-0.4, -0.2) is 15.0 Å². The van der Waals surface area contributed by atoms with Crippen molar-refractivity contribution >= 4 is 32.7 Å². The number of nitrogens with zero attached hydrogens (tertiary/aromatic N) is 3. The maximum absolute atomic E-state index is 6.20. The third-order valence-electron chi connectivity index (χ3n) is 8.73. The molecular formula is C43H27N3O. The van der Waals surface area contributed by atoms with E-state index < -0.39 is 0 Å². The van der Waals surface area contributed by atoms with Crippen LogP contribution in [0.3, 0.4) is 0 Å². The first-order chi connectivity index (χ1) is 23.3. The molecule has 4 heteroatoms. The summed E-state index contributed by atoms with van der Waals surface area (Å²) < 4.78 is 6.20. The molecule has 0 spiro atoms. The monoisotopic (exact) mass is 601 g/mol. The van der Waals surface area contributed by atoms with Gasteiger partial charge in [-0.25, -0.2) is 15.0 Å². The first-order valence-corrected chi connectivity index (χ1v) is 15.7. The maximum atomic E-state index is 6.20. The summed E-state index contributed by atoms with van der Waals surface area (Å²) in [5.74, 6) is 1.85. The fourth-order valence-corrected chi connectivity index (χ4v) is 6.45. The van der Waals surface area contributed by atoms with Gasteiger partial charge in [0.15, 0.2) is 17.5 Å². The zero-order valence-electron chi connectivity index (χ0n) is 25.3. The Morgan fingerprint density at radius 1 is 0.340 bits per heavy atom. The van der Waals surface area contributed by atoms with E-state index in [2.05, 4.69) is 103 Å². The highest BCUT2D eigenvalue weighted by atomic mass is 16.3. The molecule has 0 N–H and O–H groups in total. The molecule has 0 atom stereocenters. The van der Waals surface area contributed by atoms with Crippen molar-refractivity contribution in [3.63, 3.8) is 0 Å². The Hall–Kier alpha value is -6.39. The third-order valence-corrected chi connectivity index (χ3v) is 8.73. The molecule has 9 aromatic rings. The molecular weight excluding hydrogens is 574 g/mol. The van der Waals surface area contributed by atoms with Crippen molar-refractivity contribution in [3.8, 4) is 56.4 Å². The van der Waals surface area contributed by atoms with Crippen LogP contribution in [0.4, 0.5) is 0 Å². The Kier molecular flexibility index (Phi) is 6.43. The van der Waals surface area contributed by atoms with Crippen LogP contribution < -0.4 is 0 Å². The molecule has 0 radical (unpaired) electrons. The highest BCUT2D eigenvalue weighted by molar-refractivity contribution is 6.11. The van der Waals surface area contributed by atoms with E-state index in [4.69, 9.17) is 19.4 Å². The lowest BCUT2D eigenvalue weighted by Crippen LogP contribution is -2.00. The Labute approximate surface area is 271 Å². The van der Waals surface area contributed by atoms with Gasteiger partial charge in [0.1, 0.15) is 11.2 Å². The van der Waals surface area contributed by atoms with Gasteiger partial charge in [-0.1, -0.05) is 140 Å². The van der Waals surface area contributed by atoms with E-state index in [-0.39, 0.29) is 0 Å². The number of hydrogen-bond donors (Lipinski definition) is 0. The summed E-state index contributed by atoms with van der Waals surface area (Å²) in [4.78, 5) is 15.1. The summed E-state index contributed by atoms with van der Waals surface area (Å²) in [6, 6.07) is 56.5. The van der Waals surface area contributed by atoms with Crippen molar-refractivity contribution < 1.29 is 4.42 Å². The molecule has 0 fully saturated rings. The van der Waals surface area contributed by atoms with Gasteiger partial charge >= 0.3 is 0 Å². The molecule has 2 heterocycles. The van der Waals surface area contributed by atoms with E-state index in [0.29, 0.717) is 17.5 Å². The van der Waals surface area contributed by atoms with Gasteiger partial charge in [0.05, 0.1) is 0 Å². The summed E-state index contributed by atoms with van der Waals surface area (Å²) in [6.07, 6.45) is 0. The van der Waals surface area contributed by atoms with E-state index in [0.717, 1.165) is 44.2 Å². The summed E-state index contributed by atoms with van der Waals surface area (Å²) in [5.41, 5.74) is 9.12. The van der Waals surface area contributed by atoms with E-state index in [1.54, 1.807) is 0 Å². The second kappa shape index (κ2) is 11.2. The number of furan rings is 1. The van der Waals surface area contributed by atoms with Gasteiger partial charge in [0, 0.05) is 27.5 Å². The van der Waals surface area contributed by atoms with Crippen molar-refractivity contribution in [1.82, 2.24) is 15.0 Å². The first kappa shape index (κ1) is 27.0. The summed E-state index contributed by atoms with van der Waals surface area (Å²) in [7, 11) is 0. The van der Waals surface area contributed by atoms with Crippen LogP contribution in [0.2, 0.25) is 0 Å². The van der Waals surface area contributed by atoms with Crippen LogP contribution in [0.1, 0.15) is 0 Å². The van der Waals surface area contributed by atoms with Crippen LogP contribution >= 0.6 is 0 Å². The lowest BCUT2D eigenvalue weighted by molar-refractivity contribution is 0.669. The van der Waals surface area contributed by atoms with Crippen LogP contribution in [-0.2, 0) is 0 Å². The summed E-state index contributed by atoms with van der Waals surface area (Å²) in [5, 5.41) is 4.47. The number of benzene rings is 7. The average molecular weight is 602 g/mol. The third kappa shape index (κ3) is 4.84. The van der Waals surface area contributed by atoms with Crippen molar-refractivity contribution in [2.75, 3.05) is 0 Å². The molecule has 0 saturated heterocycles. The van der Waals surface area contributed by atoms with Gasteiger partial charge < -0.3 is 4.42 Å². The molecule has 9 rings (SSSR count). The quantitative estimate of drug-likeness (QED) is 0.197. The van der Waals surface area contributed by atoms with Crippen LogP contribution in [0.25, 0.3) is 89.1 Å². The maximum Gasteiger partial charge on any atom is 0.164 e. The highest BCUT2D eigenvalue weighted by Gasteiger charge is 2.18. The predicted molar refractivity (Wildman–Crippen MR) is 192 cm³/mol. The number of rotatable bonds is 5. The fourth-order valence-electron chi connectivity index (χ4n) is 6.45. The topological polar surface area (TPSA) is 51.8 Å². The Balaban J connectivity index is 1.19. The fraction of sp³-hybridized carbons (Fsp3) is 0. The Bertz CT molecular complexity index is 2550. The molecule has 0 aliphatic heterocycles. The van der Waals surface area contributed by atoms with Crippen molar-refractivity contribution in [2.24, 2.45) is 0 Å². The number of para-hydroxylation sites is 1. The average Bonchev–Trinajstić information content (AvgIpc) is 3.54. The van der Waals surface area contributed by atoms with Crippen LogP contribution in [0.5, 0.6) is 0 Å². The molecule has 0 saturated carbocycles. The van der Waals surface area contributed by atoms with Crippen molar-refractivity contribution in [3.05, 3.63) is 164 Å². The lowest BCUT2D eigenvalue weighted by atomic mass is 9.92. The molecule has 0 aliphatic rings. The molecule has 7 aromatic carbocycles. The molecule has 0 amide bonds. The van der Waals surface area contributed by atoms with Crippen LogP contribution in [0, 0.1) is 0 Å². The van der Waals surface area contributed by atoms with E-state index in [1.807, 2.05) is 60.7 Å². The van der Waals surface area contributed by atoms with E-state index in [1.165, 1.54) is 27.5 Å². The predicted octanol–water partition coefficient (Wildman–Crippen LogP) is 11.3. The smallest absolute Gasteiger partial charge is 0.164 e. The van der Waals surface area contributed by atoms with Gasteiger partial charge in [-0.3, -0.25) is 0 Å². The largest absolute Gasteiger partial charge is 0.456 e. The van der Waals surface area contributed by atoms with E-state index in [9.17, 15) is 0 Å². The number of hydrogen-bond acceptors (Lipinski definition) is 4. The van der Waals surface area contributed by atoms with Crippen molar-refractivity contribution in [1.29, 1.82) is 0 Å². The Morgan fingerprint density at radius 3 is 1.68 bits per heavy atom. The van der Waals surface area contributed by atoms with Crippen molar-refractivity contribution in [2.45, 2.75) is 0 Å². The molecule has 0 unspecified atom stereocenters. The van der Waals surface area contributed by atoms with Gasteiger partial charge in [-0.05, 0) is 57.3 Å². The minimum Gasteiger partial charge on any atom is -0.456 e. The molecule has 220 valence electrons. The summed E-state index contributed by atoms with van der Waals surface area (Å²) in [6.45, 7) is 0. The van der Waals surface area contributed by atoms with Gasteiger partial charge in [0.2, 0.25) is 0 Å². The second-order valence-electron chi connectivity index (χ2n) is 11.6. The molecule has 2 aromatic heterocycles. The minimum atomic E-state index is 0.608. The molecule has 47 heavy (non-hydrogen) atoms. The minimum absolute atomic E-state index is 0.608. The van der Waals surface area contributed by atoms with Gasteiger partial charge in [-0.2, -0.15) is 0 Å². The van der Waals surface area contributed by atoms with Crippen LogP contribution in [0.15, 0.2) is 168 Å². The zero-order chi connectivity index (χ0) is 31.2. The highest BCUT2D eigenvalue weighted by Crippen LogP contribution is 2.38. The summed E-state index contributed by atoms with van der Waals surface area (Å²) >= 11 is 0. The zero-order valence-corrected chi connectivity index (χ0v) is 25.3. The number of aromatic nitrogens is 3.